The van der Waals surface area contributed by atoms with Crippen LogP contribution in [0.1, 0.15) is 81.0 Å². The van der Waals surface area contributed by atoms with E-state index in [1.807, 2.05) is 0 Å². The number of hydrogen-bond acceptors (Lipinski definition) is 2. The Hall–Kier alpha value is -1.96. The predicted molar refractivity (Wildman–Crippen MR) is 120 cm³/mol. The first-order chi connectivity index (χ1) is 13.5. The van der Waals surface area contributed by atoms with Crippen LogP contribution in [0.2, 0.25) is 0 Å². The van der Waals surface area contributed by atoms with Gasteiger partial charge >= 0.3 is 0 Å². The fourth-order valence-electron chi connectivity index (χ4n) is 4.16. The first kappa shape index (κ1) is 22.3. The topological polar surface area (TPSA) is 18.5 Å². The van der Waals surface area contributed by atoms with Crippen molar-refractivity contribution < 1.29 is 9.47 Å². The lowest BCUT2D eigenvalue weighted by molar-refractivity contribution is 0.409. The number of methoxy groups -OCH3 is 2. The van der Waals surface area contributed by atoms with Crippen LogP contribution in [-0.2, 0) is 5.41 Å². The van der Waals surface area contributed by atoms with Gasteiger partial charge in [0.25, 0.3) is 0 Å². The van der Waals surface area contributed by atoms with Crippen molar-refractivity contribution in [3.8, 4) is 11.5 Å². The van der Waals surface area contributed by atoms with Gasteiger partial charge in [0, 0.05) is 5.41 Å². The minimum absolute atomic E-state index is 0.0151. The normalized spacial score (nSPS) is 11.5. The summed E-state index contributed by atoms with van der Waals surface area (Å²) in [6.07, 6.45) is 9.05. The molecule has 0 aliphatic heterocycles. The highest BCUT2D eigenvalue weighted by Crippen LogP contribution is 2.40. The van der Waals surface area contributed by atoms with E-state index in [1.165, 1.54) is 60.8 Å². The lowest BCUT2D eigenvalue weighted by Gasteiger charge is -2.32. The minimum Gasteiger partial charge on any atom is -0.496 e. The van der Waals surface area contributed by atoms with Gasteiger partial charge in [-0.05, 0) is 54.7 Å². The Balaban J connectivity index is 2.32. The molecule has 0 saturated carbocycles. The van der Waals surface area contributed by atoms with Gasteiger partial charge in [0.2, 0.25) is 0 Å². The zero-order chi connectivity index (χ0) is 20.6. The van der Waals surface area contributed by atoms with Crippen LogP contribution in [0.4, 0.5) is 0 Å². The van der Waals surface area contributed by atoms with E-state index >= 15 is 0 Å². The Morgan fingerprint density at radius 1 is 0.714 bits per heavy atom. The smallest absolute Gasteiger partial charge is 0.121 e. The second-order valence-corrected chi connectivity index (χ2v) is 8.22. The molecule has 0 amide bonds. The van der Waals surface area contributed by atoms with E-state index in [-0.39, 0.29) is 5.41 Å². The predicted octanol–water partition coefficient (Wildman–Crippen LogP) is 7.38. The van der Waals surface area contributed by atoms with Crippen LogP contribution in [-0.4, -0.2) is 14.2 Å². The van der Waals surface area contributed by atoms with E-state index in [9.17, 15) is 0 Å². The van der Waals surface area contributed by atoms with E-state index in [2.05, 4.69) is 64.1 Å². The van der Waals surface area contributed by atoms with Crippen LogP contribution in [0.5, 0.6) is 11.5 Å². The molecule has 2 nitrogen and oxygen atoms in total. The van der Waals surface area contributed by atoms with Gasteiger partial charge in [-0.25, -0.2) is 0 Å². The highest BCUT2D eigenvalue weighted by Gasteiger charge is 2.29. The molecule has 0 aromatic heterocycles. The molecule has 0 atom stereocenters. The fourth-order valence-corrected chi connectivity index (χ4v) is 4.16. The van der Waals surface area contributed by atoms with Crippen molar-refractivity contribution in [3.63, 3.8) is 0 Å². The third-order valence-electron chi connectivity index (χ3n) is 6.09. The molecule has 0 aliphatic rings. The van der Waals surface area contributed by atoms with Crippen molar-refractivity contribution in [2.75, 3.05) is 14.2 Å². The van der Waals surface area contributed by atoms with E-state index in [0.717, 1.165) is 17.9 Å². The molecule has 0 radical (unpaired) electrons. The molecule has 0 fully saturated rings. The van der Waals surface area contributed by atoms with Crippen LogP contribution in [0.15, 0.2) is 36.4 Å². The molecule has 2 heteroatoms. The Bertz CT molecular complexity index is 695. The summed E-state index contributed by atoms with van der Waals surface area (Å²) in [4.78, 5) is 0. The molecule has 0 N–H and O–H groups in total. The van der Waals surface area contributed by atoms with Crippen LogP contribution >= 0.6 is 0 Å². The van der Waals surface area contributed by atoms with Gasteiger partial charge in [0.05, 0.1) is 14.2 Å². The number of ether oxygens (including phenoxy) is 2. The van der Waals surface area contributed by atoms with Crippen LogP contribution in [0.25, 0.3) is 0 Å². The van der Waals surface area contributed by atoms with Gasteiger partial charge in [0.15, 0.2) is 0 Å². The molecule has 2 aromatic rings. The Kier molecular flexibility index (Phi) is 8.41. The van der Waals surface area contributed by atoms with Crippen molar-refractivity contribution in [1.82, 2.24) is 0 Å². The van der Waals surface area contributed by atoms with Gasteiger partial charge in [-0.3, -0.25) is 0 Å². The van der Waals surface area contributed by atoms with Crippen molar-refractivity contribution in [1.29, 1.82) is 0 Å². The standard InChI is InChI=1S/C26H38O2/c1-7-8-9-10-11-12-17-26(4,22-13-15-24(27-5)20(2)18-22)23-14-16-25(28-6)21(3)19-23/h13-16,18-19H,7-12,17H2,1-6H3. The zero-order valence-electron chi connectivity index (χ0n) is 18.7. The van der Waals surface area contributed by atoms with Gasteiger partial charge in [-0.1, -0.05) is 76.6 Å². The lowest BCUT2D eigenvalue weighted by atomic mass is 9.72. The molecule has 154 valence electrons. The Morgan fingerprint density at radius 3 is 1.61 bits per heavy atom. The van der Waals surface area contributed by atoms with E-state index in [4.69, 9.17) is 9.47 Å². The van der Waals surface area contributed by atoms with E-state index in [1.54, 1.807) is 14.2 Å². The molecule has 0 bridgehead atoms. The maximum atomic E-state index is 5.49. The average Bonchev–Trinajstić information content (AvgIpc) is 2.70. The molecule has 0 spiro atoms. The molecular formula is C26H38O2. The molecule has 2 rings (SSSR count). The average molecular weight is 383 g/mol. The number of benzene rings is 2. The van der Waals surface area contributed by atoms with Crippen LogP contribution in [0, 0.1) is 13.8 Å². The first-order valence-corrected chi connectivity index (χ1v) is 10.8. The Labute approximate surface area is 172 Å². The third-order valence-corrected chi connectivity index (χ3v) is 6.09. The fraction of sp³-hybridized carbons (Fsp3) is 0.538. The summed E-state index contributed by atoms with van der Waals surface area (Å²) in [7, 11) is 3.48. The molecule has 0 aliphatic carbocycles. The summed E-state index contributed by atoms with van der Waals surface area (Å²) in [6, 6.07) is 13.3. The number of unbranched alkanes of at least 4 members (excludes halogenated alkanes) is 5. The highest BCUT2D eigenvalue weighted by atomic mass is 16.5. The summed E-state index contributed by atoms with van der Waals surface area (Å²) in [5, 5.41) is 0. The largest absolute Gasteiger partial charge is 0.496 e. The van der Waals surface area contributed by atoms with Crippen LogP contribution < -0.4 is 9.47 Å². The van der Waals surface area contributed by atoms with Crippen molar-refractivity contribution in [2.24, 2.45) is 0 Å². The van der Waals surface area contributed by atoms with Gasteiger partial charge in [-0.15, -0.1) is 0 Å². The molecule has 2 aromatic carbocycles. The number of rotatable bonds is 11. The molecule has 0 heterocycles. The van der Waals surface area contributed by atoms with Crippen molar-refractivity contribution >= 4 is 0 Å². The monoisotopic (exact) mass is 382 g/mol. The number of hydrogen-bond donors (Lipinski definition) is 0. The van der Waals surface area contributed by atoms with Gasteiger partial charge in [0.1, 0.15) is 11.5 Å². The summed E-state index contributed by atoms with van der Waals surface area (Å²) >= 11 is 0. The zero-order valence-corrected chi connectivity index (χ0v) is 18.7. The molecular weight excluding hydrogens is 344 g/mol. The lowest BCUT2D eigenvalue weighted by Crippen LogP contribution is -2.24. The highest BCUT2D eigenvalue weighted by molar-refractivity contribution is 5.47. The summed E-state index contributed by atoms with van der Waals surface area (Å²) in [5.74, 6) is 1.91. The van der Waals surface area contributed by atoms with E-state index < -0.39 is 0 Å². The minimum atomic E-state index is -0.0151. The van der Waals surface area contributed by atoms with Crippen LogP contribution in [0.3, 0.4) is 0 Å². The third kappa shape index (κ3) is 5.31. The maximum Gasteiger partial charge on any atom is 0.121 e. The second kappa shape index (κ2) is 10.5. The number of aryl methyl sites for hydroxylation is 2. The Morgan fingerprint density at radius 2 is 1.18 bits per heavy atom. The second-order valence-electron chi connectivity index (χ2n) is 8.22. The quantitative estimate of drug-likeness (QED) is 0.377. The van der Waals surface area contributed by atoms with Crippen molar-refractivity contribution in [3.05, 3.63) is 58.7 Å². The SMILES string of the molecule is CCCCCCCCC(C)(c1ccc(OC)c(C)c1)c1ccc(OC)c(C)c1. The molecule has 28 heavy (non-hydrogen) atoms. The van der Waals surface area contributed by atoms with Crippen molar-refractivity contribution in [2.45, 2.75) is 78.1 Å². The van der Waals surface area contributed by atoms with E-state index in [0.29, 0.717) is 0 Å². The summed E-state index contributed by atoms with van der Waals surface area (Å²) in [6.45, 7) is 8.93. The summed E-state index contributed by atoms with van der Waals surface area (Å²) < 4.78 is 11.0. The molecule has 0 unspecified atom stereocenters. The summed E-state index contributed by atoms with van der Waals surface area (Å²) in [5.41, 5.74) is 5.10. The van der Waals surface area contributed by atoms with Gasteiger partial charge in [-0.2, -0.15) is 0 Å². The first-order valence-electron chi connectivity index (χ1n) is 10.8. The maximum absolute atomic E-state index is 5.49. The molecule has 0 saturated heterocycles. The van der Waals surface area contributed by atoms with Gasteiger partial charge < -0.3 is 9.47 Å².